The molecule has 2 aromatic rings. The summed E-state index contributed by atoms with van der Waals surface area (Å²) in [6.07, 6.45) is 2.21. The second-order valence-corrected chi connectivity index (χ2v) is 7.27. The molecule has 1 heterocycles. The first-order chi connectivity index (χ1) is 10.4. The number of hydrogen-bond acceptors (Lipinski definition) is 4. The van der Waals surface area contributed by atoms with Crippen molar-refractivity contribution in [3.63, 3.8) is 0 Å². The number of aliphatic hydroxyl groups is 1. The van der Waals surface area contributed by atoms with Crippen LogP contribution in [-0.2, 0) is 0 Å². The third-order valence-electron chi connectivity index (χ3n) is 3.35. The van der Waals surface area contributed by atoms with E-state index in [9.17, 15) is 4.79 Å². The van der Waals surface area contributed by atoms with Crippen LogP contribution in [-0.4, -0.2) is 29.1 Å². The molecule has 0 saturated heterocycles. The van der Waals surface area contributed by atoms with Crippen LogP contribution >= 0.6 is 22.9 Å². The van der Waals surface area contributed by atoms with Gasteiger partial charge >= 0.3 is 0 Å². The van der Waals surface area contributed by atoms with Crippen molar-refractivity contribution in [2.75, 3.05) is 13.2 Å². The number of amides is 1. The Balaban J connectivity index is 2.05. The van der Waals surface area contributed by atoms with Gasteiger partial charge in [-0.3, -0.25) is 4.79 Å². The quantitative estimate of drug-likeness (QED) is 0.845. The maximum absolute atomic E-state index is 12.2. The molecule has 0 aliphatic heterocycles. The van der Waals surface area contributed by atoms with Crippen molar-refractivity contribution >= 4 is 28.8 Å². The van der Waals surface area contributed by atoms with Gasteiger partial charge in [-0.25, -0.2) is 4.98 Å². The summed E-state index contributed by atoms with van der Waals surface area (Å²) >= 11 is 7.46. The molecule has 6 heteroatoms. The second kappa shape index (κ2) is 7.22. The molecule has 0 atom stereocenters. The number of thiazole rings is 1. The van der Waals surface area contributed by atoms with Gasteiger partial charge in [0.2, 0.25) is 0 Å². The fourth-order valence-corrected chi connectivity index (χ4v) is 3.09. The Hall–Kier alpha value is -1.43. The number of rotatable bonds is 6. The molecule has 0 bridgehead atoms. The molecule has 0 unspecified atom stereocenters. The van der Waals surface area contributed by atoms with Gasteiger partial charge < -0.3 is 10.4 Å². The molecule has 22 heavy (non-hydrogen) atoms. The van der Waals surface area contributed by atoms with Crippen molar-refractivity contribution in [3.8, 4) is 10.6 Å². The largest absolute Gasteiger partial charge is 0.396 e. The van der Waals surface area contributed by atoms with E-state index in [0.717, 1.165) is 10.6 Å². The van der Waals surface area contributed by atoms with Crippen LogP contribution < -0.4 is 5.32 Å². The highest BCUT2D eigenvalue weighted by Gasteiger charge is 2.20. The highest BCUT2D eigenvalue weighted by Crippen LogP contribution is 2.31. The normalized spacial score (nSPS) is 11.5. The number of carbonyl (C=O) groups is 1. The molecule has 0 radical (unpaired) electrons. The third kappa shape index (κ3) is 4.29. The number of aliphatic hydroxyl groups excluding tert-OH is 1. The first-order valence-electron chi connectivity index (χ1n) is 7.03. The van der Waals surface area contributed by atoms with Gasteiger partial charge in [0.25, 0.3) is 5.91 Å². The van der Waals surface area contributed by atoms with E-state index in [-0.39, 0.29) is 17.9 Å². The molecule has 2 N–H and O–H groups in total. The number of hydrogen-bond donors (Lipinski definition) is 2. The van der Waals surface area contributed by atoms with Gasteiger partial charge in [-0.15, -0.1) is 11.3 Å². The topological polar surface area (TPSA) is 62.2 Å². The van der Waals surface area contributed by atoms with Crippen LogP contribution in [0.5, 0.6) is 0 Å². The first-order valence-corrected chi connectivity index (χ1v) is 8.22. The minimum Gasteiger partial charge on any atom is -0.396 e. The van der Waals surface area contributed by atoms with Crippen LogP contribution in [0.25, 0.3) is 10.6 Å². The fraction of sp³-hybridized carbons (Fsp3) is 0.375. The molecular formula is C16H19ClN2O2S. The highest BCUT2D eigenvalue weighted by atomic mass is 35.5. The lowest BCUT2D eigenvalue weighted by Gasteiger charge is -2.23. The Morgan fingerprint density at radius 1 is 1.41 bits per heavy atom. The van der Waals surface area contributed by atoms with Gasteiger partial charge in [-0.05, 0) is 17.9 Å². The maximum Gasteiger partial charge on any atom is 0.263 e. The van der Waals surface area contributed by atoms with E-state index in [2.05, 4.69) is 10.3 Å². The lowest BCUT2D eigenvalue weighted by Crippen LogP contribution is -2.34. The van der Waals surface area contributed by atoms with Crippen molar-refractivity contribution < 1.29 is 9.90 Å². The Bertz CT molecular complexity index is 655. The van der Waals surface area contributed by atoms with Gasteiger partial charge in [-0.2, -0.15) is 0 Å². The fourth-order valence-electron chi connectivity index (χ4n) is 1.94. The molecule has 4 nitrogen and oxygen atoms in total. The summed E-state index contributed by atoms with van der Waals surface area (Å²) in [4.78, 5) is 17.0. The Morgan fingerprint density at radius 2 is 2.14 bits per heavy atom. The van der Waals surface area contributed by atoms with E-state index in [1.165, 1.54) is 11.3 Å². The van der Waals surface area contributed by atoms with Crippen LogP contribution in [0.15, 0.2) is 30.5 Å². The number of halogens is 1. The van der Waals surface area contributed by atoms with Crippen molar-refractivity contribution in [1.29, 1.82) is 0 Å². The third-order valence-corrected chi connectivity index (χ3v) is 4.71. The van der Waals surface area contributed by atoms with E-state index in [4.69, 9.17) is 16.7 Å². The van der Waals surface area contributed by atoms with E-state index >= 15 is 0 Å². The van der Waals surface area contributed by atoms with Gasteiger partial charge in [0.1, 0.15) is 9.88 Å². The summed E-state index contributed by atoms with van der Waals surface area (Å²) in [6.45, 7) is 4.63. The second-order valence-electron chi connectivity index (χ2n) is 5.83. The molecular weight excluding hydrogens is 320 g/mol. The minimum absolute atomic E-state index is 0.111. The summed E-state index contributed by atoms with van der Waals surface area (Å²) in [5.41, 5.74) is 0.689. The van der Waals surface area contributed by atoms with Gasteiger partial charge in [0.15, 0.2) is 0 Å². The average molecular weight is 339 g/mol. The number of nitrogens with one attached hydrogen (secondary N) is 1. The minimum atomic E-state index is -0.151. The predicted octanol–water partition coefficient (Wildman–Crippen LogP) is 3.60. The maximum atomic E-state index is 12.2. The van der Waals surface area contributed by atoms with Crippen molar-refractivity contribution in [3.05, 3.63) is 40.4 Å². The summed E-state index contributed by atoms with van der Waals surface area (Å²) in [5.74, 6) is -0.151. The van der Waals surface area contributed by atoms with Crippen LogP contribution in [0.2, 0.25) is 5.02 Å². The highest BCUT2D eigenvalue weighted by molar-refractivity contribution is 7.17. The van der Waals surface area contributed by atoms with Crippen molar-refractivity contribution in [2.24, 2.45) is 5.41 Å². The molecule has 0 saturated carbocycles. The zero-order valence-corrected chi connectivity index (χ0v) is 14.2. The molecule has 1 aromatic carbocycles. The van der Waals surface area contributed by atoms with Crippen molar-refractivity contribution in [2.45, 2.75) is 20.3 Å². The molecule has 118 valence electrons. The van der Waals surface area contributed by atoms with Crippen LogP contribution in [0.1, 0.15) is 29.9 Å². The molecule has 0 fully saturated rings. The van der Waals surface area contributed by atoms with Crippen LogP contribution in [0.4, 0.5) is 0 Å². The number of nitrogens with zero attached hydrogens (tertiary/aromatic N) is 1. The predicted molar refractivity (Wildman–Crippen MR) is 90.4 cm³/mol. The zero-order chi connectivity index (χ0) is 16.2. The molecule has 0 aliphatic carbocycles. The lowest BCUT2D eigenvalue weighted by molar-refractivity contribution is 0.0932. The Morgan fingerprint density at radius 3 is 2.82 bits per heavy atom. The number of carbonyl (C=O) groups excluding carboxylic acids is 1. The lowest BCUT2D eigenvalue weighted by atomic mass is 9.90. The number of benzene rings is 1. The SMILES string of the molecule is CC(C)(CCO)CNC(=O)c1cnc(-c2ccccc2Cl)s1. The summed E-state index contributed by atoms with van der Waals surface area (Å²) < 4.78 is 0. The summed E-state index contributed by atoms with van der Waals surface area (Å²) in [6, 6.07) is 7.43. The standard InChI is InChI=1S/C16H19ClN2O2S/c1-16(2,7-8-20)10-19-14(21)13-9-18-15(22-13)11-5-3-4-6-12(11)17/h3-6,9,20H,7-8,10H2,1-2H3,(H,19,21). The van der Waals surface area contributed by atoms with E-state index < -0.39 is 0 Å². The van der Waals surface area contributed by atoms with E-state index in [0.29, 0.717) is 22.9 Å². The van der Waals surface area contributed by atoms with Gasteiger partial charge in [0.05, 0.1) is 11.2 Å². The molecule has 2 rings (SSSR count). The summed E-state index contributed by atoms with van der Waals surface area (Å²) in [7, 11) is 0. The van der Waals surface area contributed by atoms with Gasteiger partial charge in [-0.1, -0.05) is 43.6 Å². The zero-order valence-electron chi connectivity index (χ0n) is 12.6. The molecule has 1 aromatic heterocycles. The Labute approximate surface area is 139 Å². The van der Waals surface area contributed by atoms with Crippen LogP contribution in [0, 0.1) is 5.41 Å². The monoisotopic (exact) mass is 338 g/mol. The van der Waals surface area contributed by atoms with Gasteiger partial charge in [0, 0.05) is 18.7 Å². The van der Waals surface area contributed by atoms with E-state index in [1.807, 2.05) is 32.0 Å². The Kier molecular flexibility index (Phi) is 5.56. The van der Waals surface area contributed by atoms with E-state index in [1.54, 1.807) is 12.3 Å². The van der Waals surface area contributed by atoms with Crippen molar-refractivity contribution in [1.82, 2.24) is 10.3 Å². The molecule has 1 amide bonds. The number of aromatic nitrogens is 1. The molecule has 0 spiro atoms. The average Bonchev–Trinajstić information content (AvgIpc) is 2.95. The smallest absolute Gasteiger partial charge is 0.263 e. The van der Waals surface area contributed by atoms with Crippen LogP contribution in [0.3, 0.4) is 0 Å². The molecule has 0 aliphatic rings. The summed E-state index contributed by atoms with van der Waals surface area (Å²) in [5, 5.41) is 13.2. The first kappa shape index (κ1) is 16.9.